The van der Waals surface area contributed by atoms with Gasteiger partial charge in [0.1, 0.15) is 19.3 Å². The molecule has 0 bridgehead atoms. The number of rotatable bonds is 58. The Bertz CT molecular complexity index is 1740. The summed E-state index contributed by atoms with van der Waals surface area (Å²) in [6.07, 6.45) is 80.9. The number of amides is 1. The molecule has 2 N–H and O–H groups in total. The molecule has 0 heterocycles. The van der Waals surface area contributed by atoms with E-state index >= 15 is 0 Å². The van der Waals surface area contributed by atoms with Gasteiger partial charge in [-0.1, -0.05) is 259 Å². The Morgan fingerprint density at radius 3 is 1.30 bits per heavy atom. The van der Waals surface area contributed by atoms with Gasteiger partial charge in [0.2, 0.25) is 5.91 Å². The van der Waals surface area contributed by atoms with Gasteiger partial charge in [0, 0.05) is 12.8 Å². The minimum atomic E-state index is -4.46. The maximum Gasteiger partial charge on any atom is 0.472 e. The number of esters is 1. The predicted molar refractivity (Wildman–Crippen MR) is 346 cm³/mol. The van der Waals surface area contributed by atoms with Crippen LogP contribution in [0.15, 0.2) is 109 Å². The van der Waals surface area contributed by atoms with E-state index < -0.39 is 20.0 Å². The van der Waals surface area contributed by atoms with Crippen molar-refractivity contribution in [3.63, 3.8) is 0 Å². The van der Waals surface area contributed by atoms with Crippen molar-refractivity contribution in [1.29, 1.82) is 0 Å². The van der Waals surface area contributed by atoms with E-state index in [2.05, 4.69) is 123 Å². The lowest BCUT2D eigenvalue weighted by Gasteiger charge is -2.27. The molecule has 10 heteroatoms. The first-order valence-electron chi connectivity index (χ1n) is 32.7. The molecule has 9 nitrogen and oxygen atoms in total. The van der Waals surface area contributed by atoms with Crippen molar-refractivity contribution in [2.24, 2.45) is 0 Å². The SMILES string of the molecule is CC/C=C\C/C=C\C/C=C\C/C=C\C/C=C\C/C=C\CCCCCCCCCCC(=O)NC(COP(=O)(O)OCC[N+](C)(C)C)C(/C=C\CCCCCCCCCCCC)OC(=O)CCCCCCCC/C=C/C=C/CCCCC. The quantitative estimate of drug-likeness (QED) is 0.0156. The topological polar surface area (TPSA) is 111 Å². The van der Waals surface area contributed by atoms with Gasteiger partial charge in [-0.25, -0.2) is 4.57 Å². The molecule has 3 atom stereocenters. The highest BCUT2D eigenvalue weighted by Crippen LogP contribution is 2.43. The van der Waals surface area contributed by atoms with E-state index in [-0.39, 0.29) is 31.5 Å². The van der Waals surface area contributed by atoms with Crippen molar-refractivity contribution in [1.82, 2.24) is 5.32 Å². The van der Waals surface area contributed by atoms with Crippen LogP contribution >= 0.6 is 7.82 Å². The van der Waals surface area contributed by atoms with Crippen LogP contribution in [-0.2, 0) is 27.9 Å². The van der Waals surface area contributed by atoms with Gasteiger partial charge in [-0.3, -0.25) is 18.6 Å². The molecule has 0 aliphatic heterocycles. The number of unbranched alkanes of at least 4 members (excludes halogenated alkanes) is 27. The number of quaternary nitrogens is 1. The number of phosphoric ester groups is 1. The molecule has 0 spiro atoms. The lowest BCUT2D eigenvalue weighted by atomic mass is 10.0. The van der Waals surface area contributed by atoms with E-state index in [4.69, 9.17) is 13.8 Å². The Morgan fingerprint density at radius 2 is 0.838 bits per heavy atom. The molecular weight excluding hydrogens is 1010 g/mol. The average molecular weight is 1140 g/mol. The Morgan fingerprint density at radius 1 is 0.463 bits per heavy atom. The van der Waals surface area contributed by atoms with E-state index in [0.717, 1.165) is 128 Å². The molecular formula is C70H124N2O7P+. The summed E-state index contributed by atoms with van der Waals surface area (Å²) in [5.41, 5.74) is 0. The van der Waals surface area contributed by atoms with Crippen molar-refractivity contribution in [3.8, 4) is 0 Å². The maximum absolute atomic E-state index is 13.6. The fourth-order valence-corrected chi connectivity index (χ4v) is 9.67. The summed E-state index contributed by atoms with van der Waals surface area (Å²) in [6.45, 7) is 6.85. The minimum Gasteiger partial charge on any atom is -0.456 e. The van der Waals surface area contributed by atoms with E-state index in [1.54, 1.807) is 0 Å². The van der Waals surface area contributed by atoms with Gasteiger partial charge in [0.25, 0.3) is 0 Å². The van der Waals surface area contributed by atoms with Crippen LogP contribution in [-0.4, -0.2) is 74.3 Å². The van der Waals surface area contributed by atoms with Crippen LogP contribution in [0.4, 0.5) is 0 Å². The summed E-state index contributed by atoms with van der Waals surface area (Å²) in [5.74, 6) is -0.531. The monoisotopic (exact) mass is 1140 g/mol. The Kier molecular flexibility index (Phi) is 56.4. The van der Waals surface area contributed by atoms with Gasteiger partial charge in [-0.15, -0.1) is 0 Å². The number of phosphoric acid groups is 1. The van der Waals surface area contributed by atoms with Gasteiger partial charge in [-0.05, 0) is 109 Å². The Balaban J connectivity index is 5.15. The molecule has 0 fully saturated rings. The maximum atomic E-state index is 13.6. The molecule has 0 aromatic carbocycles. The molecule has 0 aromatic heterocycles. The lowest BCUT2D eigenvalue weighted by Crippen LogP contribution is -2.47. The van der Waals surface area contributed by atoms with Crippen molar-refractivity contribution >= 4 is 19.7 Å². The normalized spacial score (nSPS) is 14.3. The van der Waals surface area contributed by atoms with Crippen LogP contribution in [0.2, 0.25) is 0 Å². The molecule has 0 aliphatic rings. The van der Waals surface area contributed by atoms with Crippen molar-refractivity contribution in [2.75, 3.05) is 40.9 Å². The molecule has 1 amide bonds. The zero-order chi connectivity index (χ0) is 58.6. The number of hydrogen-bond acceptors (Lipinski definition) is 6. The van der Waals surface area contributed by atoms with Crippen LogP contribution in [0.25, 0.3) is 0 Å². The molecule has 3 unspecified atom stereocenters. The second-order valence-corrected chi connectivity index (χ2v) is 24.4. The lowest BCUT2D eigenvalue weighted by molar-refractivity contribution is -0.870. The van der Waals surface area contributed by atoms with Crippen LogP contribution in [0.1, 0.15) is 271 Å². The summed E-state index contributed by atoms with van der Waals surface area (Å²) >= 11 is 0. The number of nitrogens with zero attached hydrogens (tertiary/aromatic N) is 1. The fourth-order valence-electron chi connectivity index (χ4n) is 8.93. The molecule has 0 aromatic rings. The van der Waals surface area contributed by atoms with E-state index in [1.807, 2.05) is 33.3 Å². The van der Waals surface area contributed by atoms with E-state index in [1.165, 1.54) is 109 Å². The summed E-state index contributed by atoms with van der Waals surface area (Å²) in [5, 5.41) is 3.05. The number of carbonyl (C=O) groups is 2. The van der Waals surface area contributed by atoms with E-state index in [9.17, 15) is 19.0 Å². The number of nitrogens with one attached hydrogen (secondary N) is 1. The van der Waals surface area contributed by atoms with Gasteiger partial charge in [0.15, 0.2) is 0 Å². The summed E-state index contributed by atoms with van der Waals surface area (Å²) in [6, 6.07) is -0.864. The van der Waals surface area contributed by atoms with Gasteiger partial charge < -0.3 is 19.4 Å². The van der Waals surface area contributed by atoms with Crippen LogP contribution in [0.3, 0.4) is 0 Å². The Labute approximate surface area is 493 Å². The first kappa shape index (κ1) is 76.7. The van der Waals surface area contributed by atoms with Crippen LogP contribution < -0.4 is 5.32 Å². The number of ether oxygens (including phenoxy) is 1. The highest BCUT2D eigenvalue weighted by Gasteiger charge is 2.30. The van der Waals surface area contributed by atoms with Crippen molar-refractivity contribution in [3.05, 3.63) is 109 Å². The van der Waals surface area contributed by atoms with Crippen LogP contribution in [0, 0.1) is 0 Å². The highest BCUT2D eigenvalue weighted by molar-refractivity contribution is 7.47. The van der Waals surface area contributed by atoms with E-state index in [0.29, 0.717) is 17.4 Å². The fraction of sp³-hybridized carbons (Fsp3) is 0.714. The molecule has 0 saturated heterocycles. The molecule has 80 heavy (non-hydrogen) atoms. The minimum absolute atomic E-state index is 0.0314. The van der Waals surface area contributed by atoms with Crippen molar-refractivity contribution < 1.29 is 37.3 Å². The number of allylic oxidation sites excluding steroid dienone is 17. The third kappa shape index (κ3) is 59.3. The molecule has 0 saturated carbocycles. The third-order valence-electron chi connectivity index (χ3n) is 14.0. The molecule has 460 valence electrons. The summed E-state index contributed by atoms with van der Waals surface area (Å²) in [4.78, 5) is 37.8. The smallest absolute Gasteiger partial charge is 0.456 e. The summed E-state index contributed by atoms with van der Waals surface area (Å²) in [7, 11) is 1.47. The van der Waals surface area contributed by atoms with Gasteiger partial charge in [-0.2, -0.15) is 0 Å². The average Bonchev–Trinajstić information content (AvgIpc) is 3.42. The number of carbonyl (C=O) groups excluding carboxylic acids is 2. The molecule has 0 aliphatic carbocycles. The number of likely N-dealkylation sites (N-methyl/N-ethyl adjacent to an activating group) is 1. The van der Waals surface area contributed by atoms with Crippen molar-refractivity contribution in [2.45, 2.75) is 283 Å². The zero-order valence-electron chi connectivity index (χ0n) is 52.5. The Hall–Kier alpha value is -3.33. The highest BCUT2D eigenvalue weighted by atomic mass is 31.2. The van der Waals surface area contributed by atoms with Gasteiger partial charge in [0.05, 0.1) is 33.8 Å². The second kappa shape index (κ2) is 58.9. The standard InChI is InChI=1S/C70H123N2O7P/c1-7-10-13-16-19-22-25-28-30-31-32-33-34-35-36-37-38-39-40-41-43-44-47-50-53-56-59-62-69(73)71-67(66-78-80(75,76)77-65-64-72(4,5)6)68(61-58-55-52-49-46-27-24-21-18-15-12-9-3)79-70(74)63-60-57-54-51-48-45-42-29-26-23-20-17-14-11-8-2/h10,13,19-20,22-23,26,28-30,32-33,35-36,38-39,58,61,67-68H,7-9,11-12,14-18,21,24-25,27,31,34,37,40-57,59-60,62-66H2,1-6H3,(H-,71,73,75,76)/p+1/b13-10-,22-19-,23-20+,29-26+,30-28-,33-32-,36-35-,39-38-,61-58-. The number of hydrogen-bond donors (Lipinski definition) is 2. The first-order chi connectivity index (χ1) is 38.9. The molecule has 0 rings (SSSR count). The second-order valence-electron chi connectivity index (χ2n) is 22.9. The first-order valence-corrected chi connectivity index (χ1v) is 34.2. The molecule has 0 radical (unpaired) electrons. The third-order valence-corrected chi connectivity index (χ3v) is 15.0. The predicted octanol–water partition coefficient (Wildman–Crippen LogP) is 20.5. The van der Waals surface area contributed by atoms with Crippen LogP contribution in [0.5, 0.6) is 0 Å². The largest absolute Gasteiger partial charge is 0.472 e. The summed E-state index contributed by atoms with van der Waals surface area (Å²) < 4.78 is 30.7. The van der Waals surface area contributed by atoms with Gasteiger partial charge >= 0.3 is 13.8 Å². The zero-order valence-corrected chi connectivity index (χ0v) is 53.4.